The molecular formula is C40H27N3S. The third kappa shape index (κ3) is 3.99. The molecule has 0 amide bonds. The Morgan fingerprint density at radius 3 is 2.09 bits per heavy atom. The number of thiophene rings is 1. The zero-order chi connectivity index (χ0) is 29.0. The molecular weight excluding hydrogens is 555 g/mol. The molecule has 1 unspecified atom stereocenters. The van der Waals surface area contributed by atoms with Gasteiger partial charge < -0.3 is 9.88 Å². The summed E-state index contributed by atoms with van der Waals surface area (Å²) in [5, 5.41) is 8.92. The van der Waals surface area contributed by atoms with Crippen molar-refractivity contribution in [1.82, 2.24) is 9.88 Å². The molecule has 208 valence electrons. The zero-order valence-electron chi connectivity index (χ0n) is 23.8. The number of rotatable bonds is 4. The first-order valence-corrected chi connectivity index (χ1v) is 15.7. The van der Waals surface area contributed by atoms with Crippen LogP contribution in [0, 0.1) is 0 Å². The van der Waals surface area contributed by atoms with Crippen molar-refractivity contribution in [3.8, 4) is 5.69 Å². The average molecular weight is 582 g/mol. The third-order valence-corrected chi connectivity index (χ3v) is 9.85. The van der Waals surface area contributed by atoms with Crippen LogP contribution >= 0.6 is 11.3 Å². The van der Waals surface area contributed by atoms with E-state index >= 15 is 0 Å². The van der Waals surface area contributed by atoms with Gasteiger partial charge in [0, 0.05) is 42.3 Å². The fourth-order valence-electron chi connectivity index (χ4n) is 6.56. The number of para-hydroxylation sites is 1. The summed E-state index contributed by atoms with van der Waals surface area (Å²) >= 11 is 1.89. The Morgan fingerprint density at radius 2 is 1.27 bits per heavy atom. The summed E-state index contributed by atoms with van der Waals surface area (Å²) in [5.74, 6) is 0. The first-order chi connectivity index (χ1) is 21.8. The topological polar surface area (TPSA) is 29.3 Å². The van der Waals surface area contributed by atoms with E-state index in [4.69, 9.17) is 4.99 Å². The number of aromatic nitrogens is 1. The molecule has 0 saturated heterocycles. The molecule has 9 rings (SSSR count). The van der Waals surface area contributed by atoms with Gasteiger partial charge in [-0.3, -0.25) is 4.99 Å². The van der Waals surface area contributed by atoms with Crippen LogP contribution < -0.4 is 5.32 Å². The minimum atomic E-state index is -0.160. The highest BCUT2D eigenvalue weighted by atomic mass is 32.1. The fraction of sp³-hybridized carbons (Fsp3) is 0.0250. The van der Waals surface area contributed by atoms with E-state index < -0.39 is 0 Å². The Bertz CT molecular complexity index is 2400. The summed E-state index contributed by atoms with van der Waals surface area (Å²) in [5.41, 5.74) is 9.01. The highest BCUT2D eigenvalue weighted by Gasteiger charge is 2.20. The van der Waals surface area contributed by atoms with E-state index in [2.05, 4.69) is 155 Å². The van der Waals surface area contributed by atoms with Crippen LogP contribution in [0.5, 0.6) is 0 Å². The predicted molar refractivity (Wildman–Crippen MR) is 187 cm³/mol. The van der Waals surface area contributed by atoms with Crippen LogP contribution in [0.15, 0.2) is 157 Å². The Labute approximate surface area is 259 Å². The number of nitrogens with zero attached hydrogens (tertiary/aromatic N) is 2. The van der Waals surface area contributed by atoms with E-state index in [9.17, 15) is 0 Å². The largest absolute Gasteiger partial charge is 0.360 e. The number of fused-ring (bicyclic) bond motifs is 7. The van der Waals surface area contributed by atoms with Crippen molar-refractivity contribution in [2.24, 2.45) is 4.99 Å². The van der Waals surface area contributed by atoms with Gasteiger partial charge in [0.05, 0.1) is 16.7 Å². The molecule has 2 aromatic heterocycles. The van der Waals surface area contributed by atoms with Crippen molar-refractivity contribution in [2.45, 2.75) is 6.17 Å². The normalized spacial score (nSPS) is 15.0. The van der Waals surface area contributed by atoms with Crippen molar-refractivity contribution in [1.29, 1.82) is 0 Å². The maximum atomic E-state index is 5.17. The number of hydrogen-bond donors (Lipinski definition) is 1. The van der Waals surface area contributed by atoms with E-state index in [1.165, 1.54) is 42.0 Å². The summed E-state index contributed by atoms with van der Waals surface area (Å²) in [4.78, 5) is 5.17. The van der Waals surface area contributed by atoms with Gasteiger partial charge in [-0.25, -0.2) is 0 Å². The van der Waals surface area contributed by atoms with Crippen molar-refractivity contribution in [3.63, 3.8) is 0 Å². The molecule has 1 aliphatic heterocycles. The van der Waals surface area contributed by atoms with Crippen LogP contribution in [0.1, 0.15) is 22.9 Å². The molecule has 4 heteroatoms. The van der Waals surface area contributed by atoms with E-state index in [0.29, 0.717) is 0 Å². The first-order valence-electron chi connectivity index (χ1n) is 14.9. The average Bonchev–Trinajstić information content (AvgIpc) is 3.65. The van der Waals surface area contributed by atoms with Crippen LogP contribution in [0.25, 0.3) is 53.4 Å². The molecule has 0 radical (unpaired) electrons. The van der Waals surface area contributed by atoms with E-state index in [-0.39, 0.29) is 6.17 Å². The van der Waals surface area contributed by atoms with E-state index in [1.54, 1.807) is 0 Å². The summed E-state index contributed by atoms with van der Waals surface area (Å²) in [6.45, 7) is 0. The molecule has 8 aromatic rings. The second-order valence-electron chi connectivity index (χ2n) is 11.2. The fourth-order valence-corrected chi connectivity index (χ4v) is 7.82. The summed E-state index contributed by atoms with van der Waals surface area (Å²) in [7, 11) is 0. The Balaban J connectivity index is 1.18. The number of nitrogens with one attached hydrogen (secondary N) is 1. The van der Waals surface area contributed by atoms with Crippen molar-refractivity contribution < 1.29 is 0 Å². The molecule has 1 aliphatic rings. The molecule has 44 heavy (non-hydrogen) atoms. The predicted octanol–water partition coefficient (Wildman–Crippen LogP) is 10.3. The van der Waals surface area contributed by atoms with Gasteiger partial charge in [-0.1, -0.05) is 115 Å². The number of aliphatic imine (C=N–C) groups is 1. The van der Waals surface area contributed by atoms with Crippen molar-refractivity contribution >= 4 is 64.7 Å². The van der Waals surface area contributed by atoms with Crippen molar-refractivity contribution in [2.75, 3.05) is 0 Å². The maximum absolute atomic E-state index is 5.17. The molecule has 0 bridgehead atoms. The Kier molecular flexibility index (Phi) is 5.75. The molecule has 0 aliphatic carbocycles. The van der Waals surface area contributed by atoms with Crippen LogP contribution in [-0.4, -0.2) is 10.3 Å². The van der Waals surface area contributed by atoms with Crippen LogP contribution in [0.3, 0.4) is 0 Å². The SMILES string of the molecule is C1=C(c2ccccc2)NC(c2ccccc2)N=C1c1ccc(-n2c3ccccc3c3c4sc5ccccc5c4ccc32)cc1. The monoisotopic (exact) mass is 581 g/mol. The van der Waals surface area contributed by atoms with Crippen LogP contribution in [-0.2, 0) is 0 Å². The third-order valence-electron chi connectivity index (χ3n) is 8.64. The zero-order valence-corrected chi connectivity index (χ0v) is 24.6. The minimum Gasteiger partial charge on any atom is -0.360 e. The number of hydrogen-bond acceptors (Lipinski definition) is 3. The quantitative estimate of drug-likeness (QED) is 0.220. The van der Waals surface area contributed by atoms with Gasteiger partial charge in [0.25, 0.3) is 0 Å². The molecule has 1 atom stereocenters. The van der Waals surface area contributed by atoms with Gasteiger partial charge in [0.1, 0.15) is 6.17 Å². The highest BCUT2D eigenvalue weighted by Crippen LogP contribution is 2.43. The van der Waals surface area contributed by atoms with Gasteiger partial charge in [-0.15, -0.1) is 11.3 Å². The second-order valence-corrected chi connectivity index (χ2v) is 12.3. The maximum Gasteiger partial charge on any atom is 0.145 e. The lowest BCUT2D eigenvalue weighted by molar-refractivity contribution is 0.664. The van der Waals surface area contributed by atoms with Gasteiger partial charge in [-0.2, -0.15) is 0 Å². The molecule has 1 N–H and O–H groups in total. The highest BCUT2D eigenvalue weighted by molar-refractivity contribution is 7.26. The van der Waals surface area contributed by atoms with Gasteiger partial charge in [-0.05, 0) is 53.1 Å². The molecule has 3 heterocycles. The lowest BCUT2D eigenvalue weighted by Crippen LogP contribution is -2.24. The number of allylic oxidation sites excluding steroid dienone is 1. The van der Waals surface area contributed by atoms with Gasteiger partial charge in [0.2, 0.25) is 0 Å². The molecule has 6 aromatic carbocycles. The lowest BCUT2D eigenvalue weighted by atomic mass is 10.0. The van der Waals surface area contributed by atoms with Crippen molar-refractivity contribution in [3.05, 3.63) is 168 Å². The van der Waals surface area contributed by atoms with Crippen LogP contribution in [0.2, 0.25) is 0 Å². The minimum absolute atomic E-state index is 0.160. The van der Waals surface area contributed by atoms with Crippen LogP contribution in [0.4, 0.5) is 0 Å². The molecule has 0 saturated carbocycles. The molecule has 0 spiro atoms. The Hall–Kier alpha value is -5.45. The summed E-state index contributed by atoms with van der Waals surface area (Å²) in [6.07, 6.45) is 2.01. The lowest BCUT2D eigenvalue weighted by Gasteiger charge is -2.25. The Morgan fingerprint density at radius 1 is 0.568 bits per heavy atom. The standard InChI is InChI=1S/C40H27N3S/c1-3-11-26(12-4-1)33-25-34(42-40(41-33)28-13-5-2-6-14-28)27-19-21-29(22-20-27)43-35-17-9-7-16-32(35)38-36(43)24-23-31-30-15-8-10-18-37(30)44-39(31)38/h1-25,40-41H. The van der Waals surface area contributed by atoms with Gasteiger partial charge >= 0.3 is 0 Å². The first kappa shape index (κ1) is 25.1. The second kappa shape index (κ2) is 10.1. The summed E-state index contributed by atoms with van der Waals surface area (Å²) < 4.78 is 5.08. The van der Waals surface area contributed by atoms with Gasteiger partial charge in [0.15, 0.2) is 0 Å². The summed E-state index contributed by atoms with van der Waals surface area (Å²) in [6, 6.07) is 51.9. The molecule has 0 fully saturated rings. The number of benzene rings is 6. The molecule has 3 nitrogen and oxygen atoms in total. The smallest absolute Gasteiger partial charge is 0.145 e. The van der Waals surface area contributed by atoms with E-state index in [1.807, 2.05) is 17.4 Å². The van der Waals surface area contributed by atoms with E-state index in [0.717, 1.165) is 33.8 Å².